The second kappa shape index (κ2) is 16.3. The Morgan fingerprint density at radius 1 is 0.919 bits per heavy atom. The topological polar surface area (TPSA) is 83.0 Å². The maximum Gasteiger partial charge on any atom is 0.336 e. The Hall–Kier alpha value is -2.60. The standard InChI is InChI=1S/C17H31N3.C14H16O3/c1-2-4-8-12-16(13-9-5-3-1)17-14-10-6-7-11-15-18-20-19-17;1-3-9-5-4-6-10-12(17-2)8-7-11(13(9)10)14(15)16/h12,18,20H,1-11,13-15H2;3,7-8H,4-6H2,1-2H3,(H,15,16). The lowest BCUT2D eigenvalue weighted by Crippen LogP contribution is -2.30. The van der Waals surface area contributed by atoms with E-state index < -0.39 is 5.97 Å². The Bertz CT molecular complexity index is 933. The number of hydrogen-bond acceptors (Lipinski definition) is 5. The van der Waals surface area contributed by atoms with Gasteiger partial charge in [0, 0.05) is 12.1 Å². The van der Waals surface area contributed by atoms with E-state index in [-0.39, 0.29) is 0 Å². The highest BCUT2D eigenvalue weighted by Crippen LogP contribution is 2.38. The molecule has 204 valence electrons. The highest BCUT2D eigenvalue weighted by molar-refractivity contribution is 6.00. The fourth-order valence-electron chi connectivity index (χ4n) is 5.60. The van der Waals surface area contributed by atoms with Crippen molar-refractivity contribution in [2.75, 3.05) is 13.7 Å². The summed E-state index contributed by atoms with van der Waals surface area (Å²) >= 11 is 0. The summed E-state index contributed by atoms with van der Waals surface area (Å²) in [5.74, 6) is -0.0748. The van der Waals surface area contributed by atoms with E-state index in [2.05, 4.69) is 22.1 Å². The maximum absolute atomic E-state index is 11.3. The summed E-state index contributed by atoms with van der Waals surface area (Å²) in [5, 5.41) is 13.9. The molecule has 0 fully saturated rings. The molecule has 1 aliphatic heterocycles. The third kappa shape index (κ3) is 9.03. The molecule has 0 saturated carbocycles. The number of fused-ring (bicyclic) bond motifs is 1. The van der Waals surface area contributed by atoms with Crippen LogP contribution in [-0.2, 0) is 6.42 Å². The van der Waals surface area contributed by atoms with E-state index in [9.17, 15) is 9.90 Å². The average molecular weight is 510 g/mol. The SMILES string of the molecule is C1=C(C2=NNNCCCCCC2)CCCCCCCC1.CC=C1CCCc2c(OC)ccc(C(=O)O)c21. The highest BCUT2D eigenvalue weighted by atomic mass is 16.5. The molecule has 0 aromatic heterocycles. The molecular weight excluding hydrogens is 462 g/mol. The summed E-state index contributed by atoms with van der Waals surface area (Å²) in [6, 6.07) is 3.38. The predicted octanol–water partition coefficient (Wildman–Crippen LogP) is 7.59. The highest BCUT2D eigenvalue weighted by Gasteiger charge is 2.23. The monoisotopic (exact) mass is 509 g/mol. The minimum atomic E-state index is -0.870. The summed E-state index contributed by atoms with van der Waals surface area (Å²) in [7, 11) is 1.62. The second-order valence-corrected chi connectivity index (χ2v) is 10.3. The van der Waals surface area contributed by atoms with Gasteiger partial charge in [0.15, 0.2) is 0 Å². The summed E-state index contributed by atoms with van der Waals surface area (Å²) in [6.07, 6.45) is 24.5. The van der Waals surface area contributed by atoms with Crippen LogP contribution in [0.25, 0.3) is 5.57 Å². The van der Waals surface area contributed by atoms with Crippen LogP contribution >= 0.6 is 0 Å². The van der Waals surface area contributed by atoms with Crippen molar-refractivity contribution in [3.8, 4) is 5.75 Å². The van der Waals surface area contributed by atoms with Crippen molar-refractivity contribution in [3.05, 3.63) is 46.5 Å². The van der Waals surface area contributed by atoms with Crippen molar-refractivity contribution in [2.45, 2.75) is 110 Å². The molecule has 4 rings (SSSR count). The fourth-order valence-corrected chi connectivity index (χ4v) is 5.60. The van der Waals surface area contributed by atoms with E-state index in [0.717, 1.165) is 54.7 Å². The van der Waals surface area contributed by atoms with Crippen molar-refractivity contribution in [1.82, 2.24) is 11.0 Å². The summed E-state index contributed by atoms with van der Waals surface area (Å²) < 4.78 is 5.32. The number of hydrazone groups is 1. The number of nitrogens with zero attached hydrogens (tertiary/aromatic N) is 1. The Balaban J connectivity index is 0.000000208. The number of hydrogen-bond donors (Lipinski definition) is 3. The first kappa shape index (κ1) is 29.0. The van der Waals surface area contributed by atoms with Gasteiger partial charge in [-0.25, -0.2) is 15.8 Å². The molecule has 2 aliphatic carbocycles. The number of aromatic carboxylic acids is 1. The normalized spacial score (nSPS) is 20.6. The smallest absolute Gasteiger partial charge is 0.336 e. The minimum Gasteiger partial charge on any atom is -0.496 e. The molecule has 1 heterocycles. The van der Waals surface area contributed by atoms with E-state index in [1.54, 1.807) is 19.2 Å². The van der Waals surface area contributed by atoms with Crippen LogP contribution in [0.3, 0.4) is 0 Å². The van der Waals surface area contributed by atoms with Gasteiger partial charge in [-0.05, 0) is 100.0 Å². The lowest BCUT2D eigenvalue weighted by molar-refractivity contribution is 0.0696. The van der Waals surface area contributed by atoms with Gasteiger partial charge in [-0.2, -0.15) is 5.10 Å². The van der Waals surface area contributed by atoms with E-state index in [1.165, 1.54) is 88.3 Å². The van der Waals surface area contributed by atoms with Crippen LogP contribution < -0.4 is 15.7 Å². The molecular formula is C31H47N3O3. The molecule has 0 unspecified atom stereocenters. The molecule has 6 nitrogen and oxygen atoms in total. The molecule has 0 saturated heterocycles. The second-order valence-electron chi connectivity index (χ2n) is 10.3. The first-order chi connectivity index (χ1) is 18.2. The van der Waals surface area contributed by atoms with Gasteiger partial charge in [-0.3, -0.25) is 0 Å². The van der Waals surface area contributed by atoms with Gasteiger partial charge in [0.05, 0.1) is 18.4 Å². The number of benzene rings is 1. The zero-order chi connectivity index (χ0) is 26.3. The van der Waals surface area contributed by atoms with E-state index in [1.807, 2.05) is 13.0 Å². The molecule has 1 aromatic carbocycles. The predicted molar refractivity (Wildman–Crippen MR) is 153 cm³/mol. The number of methoxy groups -OCH3 is 1. The Labute approximate surface area is 223 Å². The Kier molecular flexibility index (Phi) is 12.7. The largest absolute Gasteiger partial charge is 0.496 e. The van der Waals surface area contributed by atoms with Gasteiger partial charge in [0.1, 0.15) is 5.75 Å². The van der Waals surface area contributed by atoms with Gasteiger partial charge < -0.3 is 9.84 Å². The molecule has 0 spiro atoms. The number of hydrazine groups is 1. The van der Waals surface area contributed by atoms with Crippen LogP contribution in [0.4, 0.5) is 0 Å². The maximum atomic E-state index is 11.3. The van der Waals surface area contributed by atoms with Gasteiger partial charge in [-0.1, -0.05) is 50.7 Å². The van der Waals surface area contributed by atoms with Crippen LogP contribution in [0.1, 0.15) is 125 Å². The molecule has 0 atom stereocenters. The number of carboxylic acid groups (broad SMARTS) is 1. The number of carbonyl (C=O) groups is 1. The number of nitrogens with one attached hydrogen (secondary N) is 2. The van der Waals surface area contributed by atoms with Crippen molar-refractivity contribution < 1.29 is 14.6 Å². The molecule has 37 heavy (non-hydrogen) atoms. The van der Waals surface area contributed by atoms with Crippen LogP contribution in [0.15, 0.2) is 35.0 Å². The molecule has 6 heteroatoms. The molecule has 1 aromatic rings. The first-order valence-corrected chi connectivity index (χ1v) is 14.5. The van der Waals surface area contributed by atoms with Gasteiger partial charge in [0.25, 0.3) is 0 Å². The third-order valence-electron chi connectivity index (χ3n) is 7.66. The zero-order valence-corrected chi connectivity index (χ0v) is 23.0. The van der Waals surface area contributed by atoms with Crippen molar-refractivity contribution in [2.24, 2.45) is 5.10 Å². The van der Waals surface area contributed by atoms with Gasteiger partial charge in [0.2, 0.25) is 0 Å². The van der Waals surface area contributed by atoms with Crippen molar-refractivity contribution in [3.63, 3.8) is 0 Å². The number of ether oxygens (including phenoxy) is 1. The average Bonchev–Trinajstić information content (AvgIpc) is 2.93. The summed E-state index contributed by atoms with van der Waals surface area (Å²) in [5.41, 5.74) is 12.5. The molecule has 3 N–H and O–H groups in total. The number of allylic oxidation sites excluding steroid dienone is 4. The molecule has 3 aliphatic rings. The lowest BCUT2D eigenvalue weighted by Gasteiger charge is -2.23. The summed E-state index contributed by atoms with van der Waals surface area (Å²) in [6.45, 7) is 2.98. The third-order valence-corrected chi connectivity index (χ3v) is 7.66. The van der Waals surface area contributed by atoms with E-state index in [4.69, 9.17) is 4.74 Å². The Morgan fingerprint density at radius 2 is 1.65 bits per heavy atom. The Morgan fingerprint density at radius 3 is 2.41 bits per heavy atom. The van der Waals surface area contributed by atoms with Crippen molar-refractivity contribution in [1.29, 1.82) is 0 Å². The van der Waals surface area contributed by atoms with Crippen LogP contribution in [-0.4, -0.2) is 30.4 Å². The van der Waals surface area contributed by atoms with Crippen LogP contribution in [0.5, 0.6) is 5.75 Å². The molecule has 0 amide bonds. The quantitative estimate of drug-likeness (QED) is 0.391. The van der Waals surface area contributed by atoms with Gasteiger partial charge >= 0.3 is 5.97 Å². The van der Waals surface area contributed by atoms with E-state index in [0.29, 0.717) is 5.56 Å². The van der Waals surface area contributed by atoms with E-state index >= 15 is 0 Å². The van der Waals surface area contributed by atoms with Gasteiger partial charge in [-0.15, -0.1) is 0 Å². The molecule has 0 radical (unpaired) electrons. The van der Waals surface area contributed by atoms with Crippen molar-refractivity contribution >= 4 is 17.3 Å². The summed E-state index contributed by atoms with van der Waals surface area (Å²) in [4.78, 5) is 11.3. The van der Waals surface area contributed by atoms with Crippen LogP contribution in [0.2, 0.25) is 0 Å². The fraction of sp³-hybridized carbons (Fsp3) is 0.613. The zero-order valence-electron chi connectivity index (χ0n) is 23.0. The molecule has 0 bridgehead atoms. The number of carboxylic acids is 1. The minimum absolute atomic E-state index is 0.383. The number of rotatable bonds is 3. The first-order valence-electron chi connectivity index (χ1n) is 14.5. The van der Waals surface area contributed by atoms with Crippen LogP contribution in [0, 0.1) is 0 Å². The lowest BCUT2D eigenvalue weighted by atomic mass is 9.83.